The summed E-state index contributed by atoms with van der Waals surface area (Å²) in [5.74, 6) is 1.30. The maximum atomic E-state index is 13.1. The maximum Gasteiger partial charge on any atom is 0.416 e. The monoisotopic (exact) mass is 512 g/mol. The fourth-order valence-electron chi connectivity index (χ4n) is 3.58. The van der Waals surface area contributed by atoms with Gasteiger partial charge >= 0.3 is 6.18 Å². The van der Waals surface area contributed by atoms with Gasteiger partial charge in [0.15, 0.2) is 5.82 Å². The molecule has 0 spiro atoms. The summed E-state index contributed by atoms with van der Waals surface area (Å²) >= 11 is 5.95. The Labute approximate surface area is 199 Å². The molecule has 2 aromatic carbocycles. The van der Waals surface area contributed by atoms with Crippen LogP contribution >= 0.6 is 11.6 Å². The Morgan fingerprint density at radius 2 is 1.62 bits per heavy atom. The second-order valence-corrected chi connectivity index (χ2v) is 9.85. The highest BCUT2D eigenvalue weighted by molar-refractivity contribution is 7.89. The number of ether oxygens (including phenoxy) is 1. The Kier molecular flexibility index (Phi) is 6.70. The molecule has 34 heavy (non-hydrogen) atoms. The number of methoxy groups -OCH3 is 1. The third-order valence-electron chi connectivity index (χ3n) is 5.48. The van der Waals surface area contributed by atoms with Crippen LogP contribution in [-0.4, -0.2) is 56.2 Å². The van der Waals surface area contributed by atoms with E-state index in [0.717, 1.165) is 27.8 Å². The van der Waals surface area contributed by atoms with E-state index in [9.17, 15) is 21.6 Å². The molecular formula is C22H20ClF3N4O3S. The first-order chi connectivity index (χ1) is 16.1. The molecule has 0 amide bonds. The Balaban J connectivity index is 1.46. The van der Waals surface area contributed by atoms with Gasteiger partial charge in [-0.2, -0.15) is 17.5 Å². The number of aromatic nitrogens is 2. The van der Waals surface area contributed by atoms with Gasteiger partial charge in [0.25, 0.3) is 0 Å². The minimum Gasteiger partial charge on any atom is -0.497 e. The average Bonchev–Trinajstić information content (AvgIpc) is 2.84. The number of hydrogen-bond acceptors (Lipinski definition) is 6. The van der Waals surface area contributed by atoms with Crippen molar-refractivity contribution in [3.63, 3.8) is 0 Å². The van der Waals surface area contributed by atoms with E-state index in [1.165, 1.54) is 0 Å². The molecule has 3 aromatic rings. The second-order valence-electron chi connectivity index (χ2n) is 7.54. The topological polar surface area (TPSA) is 75.6 Å². The first kappa shape index (κ1) is 24.2. The molecule has 1 aromatic heterocycles. The molecule has 4 rings (SSSR count). The van der Waals surface area contributed by atoms with Gasteiger partial charge in [0.2, 0.25) is 10.0 Å². The van der Waals surface area contributed by atoms with E-state index in [2.05, 4.69) is 10.2 Å². The molecule has 1 fully saturated rings. The van der Waals surface area contributed by atoms with Crippen molar-refractivity contribution in [3.05, 3.63) is 65.2 Å². The highest BCUT2D eigenvalue weighted by atomic mass is 35.5. The molecule has 1 aliphatic heterocycles. The van der Waals surface area contributed by atoms with Gasteiger partial charge in [-0.25, -0.2) is 8.42 Å². The standard InChI is InChI=1S/C22H20ClF3N4O3S/c1-33-17-5-2-15(3-6-17)19-8-9-21(28-27-19)29-10-12-30(13-11-29)34(31,32)20-14-16(22(24,25)26)4-7-18(20)23/h2-9,14H,10-13H2,1H3. The summed E-state index contributed by atoms with van der Waals surface area (Å²) in [6.45, 7) is 0.729. The SMILES string of the molecule is COc1ccc(-c2ccc(N3CCN(S(=O)(=O)c4cc(C(F)(F)F)ccc4Cl)CC3)nn2)cc1. The third-order valence-corrected chi connectivity index (χ3v) is 7.86. The summed E-state index contributed by atoms with van der Waals surface area (Å²) in [5.41, 5.74) is 0.474. The lowest BCUT2D eigenvalue weighted by Gasteiger charge is -2.34. The molecule has 0 saturated carbocycles. The number of piperazine rings is 1. The zero-order valence-corrected chi connectivity index (χ0v) is 19.5. The normalized spacial score (nSPS) is 15.4. The quantitative estimate of drug-likeness (QED) is 0.506. The van der Waals surface area contributed by atoms with Crippen molar-refractivity contribution in [2.45, 2.75) is 11.1 Å². The Hall–Kier alpha value is -2.89. The minimum atomic E-state index is -4.68. The van der Waals surface area contributed by atoms with E-state index >= 15 is 0 Å². The average molecular weight is 513 g/mol. The number of hydrogen-bond donors (Lipinski definition) is 0. The number of nitrogens with zero attached hydrogens (tertiary/aromatic N) is 4. The highest BCUT2D eigenvalue weighted by Gasteiger charge is 2.35. The fraction of sp³-hybridized carbons (Fsp3) is 0.273. The first-order valence-corrected chi connectivity index (χ1v) is 12.0. The molecule has 2 heterocycles. The summed E-state index contributed by atoms with van der Waals surface area (Å²) in [6, 6.07) is 13.3. The van der Waals surface area contributed by atoms with Gasteiger partial charge in [-0.1, -0.05) is 11.6 Å². The zero-order chi connectivity index (χ0) is 24.5. The van der Waals surface area contributed by atoms with Crippen LogP contribution in [0.15, 0.2) is 59.5 Å². The summed E-state index contributed by atoms with van der Waals surface area (Å²) in [5, 5.41) is 8.25. The van der Waals surface area contributed by atoms with Gasteiger partial charge in [-0.05, 0) is 54.6 Å². The molecule has 0 N–H and O–H groups in total. The molecule has 1 aliphatic rings. The smallest absolute Gasteiger partial charge is 0.416 e. The fourth-order valence-corrected chi connectivity index (χ4v) is 5.51. The Morgan fingerprint density at radius 1 is 0.941 bits per heavy atom. The van der Waals surface area contributed by atoms with Gasteiger partial charge in [-0.3, -0.25) is 0 Å². The van der Waals surface area contributed by atoms with Gasteiger partial charge in [-0.15, -0.1) is 10.2 Å². The van der Waals surface area contributed by atoms with Crippen molar-refractivity contribution in [1.82, 2.24) is 14.5 Å². The molecule has 12 heteroatoms. The lowest BCUT2D eigenvalue weighted by molar-refractivity contribution is -0.137. The van der Waals surface area contributed by atoms with Gasteiger partial charge < -0.3 is 9.64 Å². The molecule has 0 bridgehead atoms. The molecule has 1 saturated heterocycles. The number of halogens is 4. The maximum absolute atomic E-state index is 13.1. The lowest BCUT2D eigenvalue weighted by Crippen LogP contribution is -2.49. The van der Waals surface area contributed by atoms with E-state index in [1.54, 1.807) is 13.2 Å². The van der Waals surface area contributed by atoms with Crippen LogP contribution in [0.3, 0.4) is 0 Å². The van der Waals surface area contributed by atoms with Crippen molar-refractivity contribution in [3.8, 4) is 17.0 Å². The Bertz CT molecular complexity index is 1260. The summed E-state index contributed by atoms with van der Waals surface area (Å²) in [7, 11) is -2.62. The van der Waals surface area contributed by atoms with Gasteiger partial charge in [0.1, 0.15) is 10.6 Å². The van der Waals surface area contributed by atoms with Crippen molar-refractivity contribution in [2.24, 2.45) is 0 Å². The van der Waals surface area contributed by atoms with Crippen LogP contribution in [0.5, 0.6) is 5.75 Å². The molecule has 7 nitrogen and oxygen atoms in total. The van der Waals surface area contributed by atoms with Gasteiger partial charge in [0.05, 0.1) is 23.4 Å². The molecular weight excluding hydrogens is 493 g/mol. The summed E-state index contributed by atoms with van der Waals surface area (Å²) in [4.78, 5) is 1.31. The first-order valence-electron chi connectivity index (χ1n) is 10.2. The second kappa shape index (κ2) is 9.40. The van der Waals surface area contributed by atoms with Crippen LogP contribution in [0.4, 0.5) is 19.0 Å². The number of sulfonamides is 1. The number of rotatable bonds is 5. The van der Waals surface area contributed by atoms with Crippen molar-refractivity contribution >= 4 is 27.4 Å². The van der Waals surface area contributed by atoms with E-state index in [4.69, 9.17) is 16.3 Å². The Morgan fingerprint density at radius 3 is 2.18 bits per heavy atom. The van der Waals surface area contributed by atoms with Crippen molar-refractivity contribution in [2.75, 3.05) is 38.2 Å². The minimum absolute atomic E-state index is 0.0663. The van der Waals surface area contributed by atoms with E-state index in [1.807, 2.05) is 35.2 Å². The largest absolute Gasteiger partial charge is 0.497 e. The number of anilines is 1. The summed E-state index contributed by atoms with van der Waals surface area (Å²) < 4.78 is 71.5. The predicted molar refractivity (Wildman–Crippen MR) is 121 cm³/mol. The molecule has 0 radical (unpaired) electrons. The molecule has 0 atom stereocenters. The molecule has 180 valence electrons. The van der Waals surface area contributed by atoms with Gasteiger partial charge in [0, 0.05) is 31.7 Å². The van der Waals surface area contributed by atoms with Crippen LogP contribution < -0.4 is 9.64 Å². The number of benzene rings is 2. The predicted octanol–water partition coefficient (Wildman–Crippen LogP) is 4.34. The zero-order valence-electron chi connectivity index (χ0n) is 18.0. The lowest BCUT2D eigenvalue weighted by atomic mass is 10.1. The number of alkyl halides is 3. The molecule has 0 unspecified atom stereocenters. The van der Waals surface area contributed by atoms with Crippen LogP contribution in [0.25, 0.3) is 11.3 Å². The van der Waals surface area contributed by atoms with Crippen molar-refractivity contribution < 1.29 is 26.3 Å². The van der Waals surface area contributed by atoms with Crippen molar-refractivity contribution in [1.29, 1.82) is 0 Å². The highest BCUT2D eigenvalue weighted by Crippen LogP contribution is 2.34. The van der Waals surface area contributed by atoms with Crippen LogP contribution in [0.2, 0.25) is 5.02 Å². The van der Waals surface area contributed by atoms with Crippen LogP contribution in [0.1, 0.15) is 5.56 Å². The van der Waals surface area contributed by atoms with Crippen LogP contribution in [-0.2, 0) is 16.2 Å². The van der Waals surface area contributed by atoms with E-state index in [0.29, 0.717) is 30.7 Å². The van der Waals surface area contributed by atoms with E-state index < -0.39 is 26.7 Å². The third kappa shape index (κ3) is 4.96. The van der Waals surface area contributed by atoms with E-state index in [-0.39, 0.29) is 18.1 Å². The van der Waals surface area contributed by atoms with Crippen LogP contribution in [0, 0.1) is 0 Å². The summed E-state index contributed by atoms with van der Waals surface area (Å²) in [6.07, 6.45) is -4.68. The molecule has 0 aliphatic carbocycles.